The molecule has 1 N–H and O–H groups in total. The van der Waals surface area contributed by atoms with Gasteiger partial charge in [-0.2, -0.15) is 0 Å². The molecule has 2 heterocycles. The van der Waals surface area contributed by atoms with Gasteiger partial charge in [0.1, 0.15) is 17.6 Å². The Bertz CT molecular complexity index is 563. The number of amides is 1. The molecule has 112 valence electrons. The number of nitrogens with zero attached hydrogens (tertiary/aromatic N) is 1. The number of hydrogen-bond acceptors (Lipinski definition) is 6. The highest BCUT2D eigenvalue weighted by molar-refractivity contribution is 8.39. The van der Waals surface area contributed by atoms with Crippen molar-refractivity contribution < 1.29 is 14.3 Å². The molecule has 0 saturated carbocycles. The summed E-state index contributed by atoms with van der Waals surface area (Å²) in [5.74, 6) is 3.23. The molecule has 1 aromatic rings. The van der Waals surface area contributed by atoms with Gasteiger partial charge in [-0.1, -0.05) is 23.5 Å². The zero-order valence-corrected chi connectivity index (χ0v) is 13.1. The van der Waals surface area contributed by atoms with Crippen LogP contribution in [-0.4, -0.2) is 41.5 Å². The lowest BCUT2D eigenvalue weighted by Gasteiger charge is -2.19. The number of anilines is 1. The van der Waals surface area contributed by atoms with Crippen LogP contribution in [0.15, 0.2) is 23.2 Å². The molecule has 7 heteroatoms. The number of carbonyl (C=O) groups is 1. The number of fused-ring (bicyclic) bond motifs is 1. The molecular formula is C14H16N2O3S2. The Hall–Kier alpha value is -1.34. The van der Waals surface area contributed by atoms with Gasteiger partial charge in [-0.05, 0) is 12.1 Å². The van der Waals surface area contributed by atoms with E-state index in [0.29, 0.717) is 25.4 Å². The molecule has 0 bridgehead atoms. The van der Waals surface area contributed by atoms with Crippen molar-refractivity contribution in [3.8, 4) is 11.5 Å². The molecule has 0 radical (unpaired) electrons. The van der Waals surface area contributed by atoms with Crippen molar-refractivity contribution in [3.05, 3.63) is 18.2 Å². The number of thioether (sulfide) groups is 2. The normalized spacial score (nSPS) is 16.5. The molecule has 0 spiro atoms. The number of carbonyl (C=O) groups excluding carboxylic acids is 1. The van der Waals surface area contributed by atoms with Crippen LogP contribution in [0.4, 0.5) is 5.69 Å². The van der Waals surface area contributed by atoms with Gasteiger partial charge in [0, 0.05) is 29.7 Å². The minimum atomic E-state index is 0.00257. The average Bonchev–Trinajstić information content (AvgIpc) is 3.00. The number of nitrogens with one attached hydrogen (secondary N) is 1. The van der Waals surface area contributed by atoms with Crippen LogP contribution in [0.25, 0.3) is 0 Å². The maximum absolute atomic E-state index is 11.9. The standard InChI is InChI=1S/C14H16N2O3S2/c17-13(3-7-20-14-15-4-8-21-14)16-10-1-2-11-12(9-10)19-6-5-18-11/h1-2,9H,3-8H2,(H,16,17). The lowest BCUT2D eigenvalue weighted by Crippen LogP contribution is -2.16. The zero-order chi connectivity index (χ0) is 14.5. The maximum atomic E-state index is 11.9. The predicted molar refractivity (Wildman–Crippen MR) is 87.9 cm³/mol. The van der Waals surface area contributed by atoms with Gasteiger partial charge in [0.2, 0.25) is 5.91 Å². The van der Waals surface area contributed by atoms with E-state index in [4.69, 9.17) is 9.47 Å². The first kappa shape index (κ1) is 14.6. The van der Waals surface area contributed by atoms with Crippen molar-refractivity contribution in [1.82, 2.24) is 0 Å². The van der Waals surface area contributed by atoms with Crippen molar-refractivity contribution in [2.24, 2.45) is 4.99 Å². The Morgan fingerprint density at radius 1 is 1.33 bits per heavy atom. The van der Waals surface area contributed by atoms with E-state index in [2.05, 4.69) is 10.3 Å². The molecular weight excluding hydrogens is 308 g/mol. The molecule has 21 heavy (non-hydrogen) atoms. The lowest BCUT2D eigenvalue weighted by atomic mass is 10.2. The summed E-state index contributed by atoms with van der Waals surface area (Å²) in [6.45, 7) is 2.01. The van der Waals surface area contributed by atoms with Crippen molar-refractivity contribution >= 4 is 39.5 Å². The Kier molecular flexibility index (Phi) is 4.92. The summed E-state index contributed by atoms with van der Waals surface area (Å²) in [5, 5.41) is 2.88. The third-order valence-electron chi connectivity index (χ3n) is 2.94. The van der Waals surface area contributed by atoms with Crippen LogP contribution in [-0.2, 0) is 4.79 Å². The summed E-state index contributed by atoms with van der Waals surface area (Å²) < 4.78 is 12.0. The summed E-state index contributed by atoms with van der Waals surface area (Å²) in [6, 6.07) is 5.45. The van der Waals surface area contributed by atoms with E-state index >= 15 is 0 Å². The van der Waals surface area contributed by atoms with E-state index in [-0.39, 0.29) is 5.91 Å². The van der Waals surface area contributed by atoms with Crippen LogP contribution in [0.5, 0.6) is 11.5 Å². The molecule has 1 aromatic carbocycles. The highest BCUT2D eigenvalue weighted by Gasteiger charge is 2.13. The molecule has 1 amide bonds. The van der Waals surface area contributed by atoms with E-state index in [9.17, 15) is 4.79 Å². The molecule has 0 atom stereocenters. The quantitative estimate of drug-likeness (QED) is 0.922. The topological polar surface area (TPSA) is 59.9 Å². The fraction of sp³-hybridized carbons (Fsp3) is 0.429. The molecule has 0 unspecified atom stereocenters. The van der Waals surface area contributed by atoms with Gasteiger partial charge in [0.25, 0.3) is 0 Å². The fourth-order valence-corrected chi connectivity index (χ4v) is 4.00. The molecule has 0 aromatic heterocycles. The van der Waals surface area contributed by atoms with Crippen LogP contribution < -0.4 is 14.8 Å². The van der Waals surface area contributed by atoms with Gasteiger partial charge in [-0.3, -0.25) is 9.79 Å². The molecule has 5 nitrogen and oxygen atoms in total. The Balaban J connectivity index is 1.48. The monoisotopic (exact) mass is 324 g/mol. The van der Waals surface area contributed by atoms with E-state index in [0.717, 1.165) is 33.9 Å². The summed E-state index contributed by atoms with van der Waals surface area (Å²) in [4.78, 5) is 16.3. The van der Waals surface area contributed by atoms with Crippen LogP contribution >= 0.6 is 23.5 Å². The fourth-order valence-electron chi connectivity index (χ4n) is 1.98. The predicted octanol–water partition coefficient (Wildman–Crippen LogP) is 2.62. The maximum Gasteiger partial charge on any atom is 0.225 e. The Labute approximate surface area is 131 Å². The van der Waals surface area contributed by atoms with Gasteiger partial charge < -0.3 is 14.8 Å². The number of benzene rings is 1. The Morgan fingerprint density at radius 2 is 2.19 bits per heavy atom. The van der Waals surface area contributed by atoms with E-state index < -0.39 is 0 Å². The van der Waals surface area contributed by atoms with Crippen LogP contribution in [0.3, 0.4) is 0 Å². The number of aliphatic imine (C=N–C) groups is 1. The minimum Gasteiger partial charge on any atom is -0.486 e. The molecule has 0 saturated heterocycles. The van der Waals surface area contributed by atoms with Gasteiger partial charge in [-0.15, -0.1) is 0 Å². The lowest BCUT2D eigenvalue weighted by molar-refractivity contribution is -0.115. The first-order valence-corrected chi connectivity index (χ1v) is 8.78. The summed E-state index contributed by atoms with van der Waals surface area (Å²) in [6.07, 6.45) is 0.471. The van der Waals surface area contributed by atoms with Crippen molar-refractivity contribution in [1.29, 1.82) is 0 Å². The van der Waals surface area contributed by atoms with Gasteiger partial charge in [0.15, 0.2) is 11.5 Å². The number of hydrogen-bond donors (Lipinski definition) is 1. The summed E-state index contributed by atoms with van der Waals surface area (Å²) in [7, 11) is 0. The first-order chi connectivity index (χ1) is 10.3. The number of ether oxygens (including phenoxy) is 2. The number of rotatable bonds is 4. The van der Waals surface area contributed by atoms with E-state index in [1.807, 2.05) is 12.1 Å². The van der Waals surface area contributed by atoms with Crippen LogP contribution in [0, 0.1) is 0 Å². The first-order valence-electron chi connectivity index (χ1n) is 6.81. The third kappa shape index (κ3) is 4.07. The van der Waals surface area contributed by atoms with Gasteiger partial charge >= 0.3 is 0 Å². The molecule has 3 rings (SSSR count). The second kappa shape index (κ2) is 7.09. The zero-order valence-electron chi connectivity index (χ0n) is 11.5. The van der Waals surface area contributed by atoms with E-state index in [1.54, 1.807) is 29.6 Å². The SMILES string of the molecule is O=C(CCSC1=NCCS1)Nc1ccc2c(c1)OCCO2. The van der Waals surface area contributed by atoms with Crippen LogP contribution in [0.1, 0.15) is 6.42 Å². The van der Waals surface area contributed by atoms with E-state index in [1.165, 1.54) is 0 Å². The largest absolute Gasteiger partial charge is 0.486 e. The van der Waals surface area contributed by atoms with Crippen LogP contribution in [0.2, 0.25) is 0 Å². The summed E-state index contributed by atoms with van der Waals surface area (Å²) in [5.41, 5.74) is 0.738. The molecule has 0 aliphatic carbocycles. The van der Waals surface area contributed by atoms with Crippen molar-refractivity contribution in [2.75, 3.05) is 36.6 Å². The average molecular weight is 324 g/mol. The summed E-state index contributed by atoms with van der Waals surface area (Å²) >= 11 is 3.42. The molecule has 2 aliphatic heterocycles. The second-order valence-electron chi connectivity index (χ2n) is 4.50. The van der Waals surface area contributed by atoms with Crippen molar-refractivity contribution in [3.63, 3.8) is 0 Å². The van der Waals surface area contributed by atoms with Gasteiger partial charge in [0.05, 0.1) is 6.54 Å². The minimum absolute atomic E-state index is 0.00257. The third-order valence-corrected chi connectivity index (χ3v) is 5.19. The van der Waals surface area contributed by atoms with Gasteiger partial charge in [-0.25, -0.2) is 0 Å². The highest BCUT2D eigenvalue weighted by Crippen LogP contribution is 2.32. The molecule has 0 fully saturated rings. The second-order valence-corrected chi connectivity index (χ2v) is 6.93. The van der Waals surface area contributed by atoms with Crippen molar-refractivity contribution in [2.45, 2.75) is 6.42 Å². The smallest absolute Gasteiger partial charge is 0.225 e. The molecule has 2 aliphatic rings. The Morgan fingerprint density at radius 3 is 3.00 bits per heavy atom. The highest BCUT2D eigenvalue weighted by atomic mass is 32.2.